The summed E-state index contributed by atoms with van der Waals surface area (Å²) in [7, 11) is -1.77. The number of nitrogens with one attached hydrogen (secondary N) is 3. The Kier molecular flexibility index (Phi) is 5.60. The fourth-order valence-electron chi connectivity index (χ4n) is 1.86. The monoisotopic (exact) mass is 363 g/mol. The number of hydrazine groups is 1. The van der Waals surface area contributed by atoms with Gasteiger partial charge in [0.05, 0.1) is 17.7 Å². The lowest BCUT2D eigenvalue weighted by Crippen LogP contribution is -2.42. The molecule has 0 saturated heterocycles. The predicted molar refractivity (Wildman–Crippen MR) is 92.2 cm³/mol. The average molecular weight is 363 g/mol. The lowest BCUT2D eigenvalue weighted by atomic mass is 10.2. The Balaban J connectivity index is 1.88. The number of rotatable bonds is 5. The number of amides is 3. The zero-order valence-corrected chi connectivity index (χ0v) is 14.4. The van der Waals surface area contributed by atoms with E-state index in [1.165, 1.54) is 43.5 Å². The second-order valence-electron chi connectivity index (χ2n) is 5.06. The molecule has 132 valence electrons. The number of hydrogen-bond acceptors (Lipinski definition) is 6. The van der Waals surface area contributed by atoms with Gasteiger partial charge in [-0.15, -0.1) is 0 Å². The largest absolute Gasteiger partial charge is 0.497 e. The van der Waals surface area contributed by atoms with E-state index in [0.717, 1.165) is 6.26 Å². The Labute approximate surface area is 145 Å². The van der Waals surface area contributed by atoms with Gasteiger partial charge in [0.1, 0.15) is 5.75 Å². The molecule has 0 aliphatic rings. The van der Waals surface area contributed by atoms with Gasteiger partial charge in [-0.3, -0.25) is 21.0 Å². The van der Waals surface area contributed by atoms with Crippen LogP contribution in [0.3, 0.4) is 0 Å². The molecule has 0 spiro atoms. The van der Waals surface area contributed by atoms with Crippen LogP contribution in [0.4, 0.5) is 10.5 Å². The van der Waals surface area contributed by atoms with Crippen LogP contribution in [-0.2, 0) is 9.84 Å². The molecule has 2 rings (SSSR count). The first-order valence-electron chi connectivity index (χ1n) is 7.11. The molecule has 2 aromatic rings. The van der Waals surface area contributed by atoms with E-state index < -0.39 is 21.8 Å². The Bertz CT molecular complexity index is 862. The number of methoxy groups -OCH3 is 1. The zero-order valence-electron chi connectivity index (χ0n) is 13.6. The van der Waals surface area contributed by atoms with Crippen molar-refractivity contribution in [1.82, 2.24) is 10.7 Å². The van der Waals surface area contributed by atoms with Gasteiger partial charge in [-0.05, 0) is 48.5 Å². The number of ether oxygens (including phenoxy) is 1. The van der Waals surface area contributed by atoms with E-state index >= 15 is 0 Å². The van der Waals surface area contributed by atoms with E-state index in [-0.39, 0.29) is 4.90 Å². The number of sulfone groups is 1. The quantitative estimate of drug-likeness (QED) is 0.695. The molecule has 0 fully saturated rings. The maximum atomic E-state index is 11.9. The summed E-state index contributed by atoms with van der Waals surface area (Å²) in [6, 6.07) is 11.3. The topological polar surface area (TPSA) is 114 Å². The minimum Gasteiger partial charge on any atom is -0.497 e. The second-order valence-corrected chi connectivity index (χ2v) is 7.07. The molecule has 8 nitrogen and oxygen atoms in total. The molecule has 0 bridgehead atoms. The molecule has 0 aliphatic heterocycles. The van der Waals surface area contributed by atoms with Gasteiger partial charge in [0, 0.05) is 11.8 Å². The maximum Gasteiger partial charge on any atom is 0.340 e. The van der Waals surface area contributed by atoms with Crippen LogP contribution in [0.15, 0.2) is 53.4 Å². The van der Waals surface area contributed by atoms with E-state index in [0.29, 0.717) is 17.0 Å². The van der Waals surface area contributed by atoms with Gasteiger partial charge >= 0.3 is 6.03 Å². The van der Waals surface area contributed by atoms with Gasteiger partial charge in [0.15, 0.2) is 9.84 Å². The van der Waals surface area contributed by atoms with Crippen molar-refractivity contribution in [1.29, 1.82) is 0 Å². The standard InChI is InChI=1S/C16H17N3O5S/c1-24-13-7-3-11(4-8-13)15(20)17-16(21)19-18-12-5-9-14(10-6-12)25(2,22)23/h3-10,18H,1-2H3,(H2,17,19,20,21). The van der Waals surface area contributed by atoms with Crippen molar-refractivity contribution < 1.29 is 22.7 Å². The number of benzene rings is 2. The highest BCUT2D eigenvalue weighted by molar-refractivity contribution is 7.90. The van der Waals surface area contributed by atoms with Gasteiger partial charge in [0.25, 0.3) is 5.91 Å². The summed E-state index contributed by atoms with van der Waals surface area (Å²) in [5.74, 6) is 0.0228. The van der Waals surface area contributed by atoms with Crippen molar-refractivity contribution in [3.05, 3.63) is 54.1 Å². The first-order valence-corrected chi connectivity index (χ1v) is 9.00. The number of hydrogen-bond donors (Lipinski definition) is 3. The summed E-state index contributed by atoms with van der Waals surface area (Å²) < 4.78 is 27.7. The summed E-state index contributed by atoms with van der Waals surface area (Å²) >= 11 is 0. The predicted octanol–water partition coefficient (Wildman–Crippen LogP) is 1.57. The summed E-state index contributed by atoms with van der Waals surface area (Å²) in [6.07, 6.45) is 1.10. The lowest BCUT2D eigenvalue weighted by molar-refractivity contribution is 0.0964. The first kappa shape index (κ1) is 18.3. The van der Waals surface area contributed by atoms with Gasteiger partial charge in [-0.2, -0.15) is 0 Å². The van der Waals surface area contributed by atoms with Gasteiger partial charge in [0.2, 0.25) is 0 Å². The fraction of sp³-hybridized carbons (Fsp3) is 0.125. The van der Waals surface area contributed by atoms with Crippen molar-refractivity contribution in [2.24, 2.45) is 0 Å². The third-order valence-electron chi connectivity index (χ3n) is 3.18. The summed E-state index contributed by atoms with van der Waals surface area (Å²) in [6.45, 7) is 0. The number of carbonyl (C=O) groups is 2. The molecule has 0 saturated carbocycles. The molecule has 2 aromatic carbocycles. The Hall–Kier alpha value is -3.07. The van der Waals surface area contributed by atoms with Crippen molar-refractivity contribution in [3.63, 3.8) is 0 Å². The highest BCUT2D eigenvalue weighted by atomic mass is 32.2. The molecule has 0 atom stereocenters. The maximum absolute atomic E-state index is 11.9. The highest BCUT2D eigenvalue weighted by Gasteiger charge is 2.10. The van der Waals surface area contributed by atoms with Crippen molar-refractivity contribution in [2.45, 2.75) is 4.90 Å². The normalized spacial score (nSPS) is 10.6. The van der Waals surface area contributed by atoms with E-state index in [1.54, 1.807) is 12.1 Å². The van der Waals surface area contributed by atoms with Crippen molar-refractivity contribution >= 4 is 27.5 Å². The molecule has 0 heterocycles. The van der Waals surface area contributed by atoms with Crippen LogP contribution >= 0.6 is 0 Å². The van der Waals surface area contributed by atoms with Gasteiger partial charge in [-0.25, -0.2) is 13.2 Å². The number of imide groups is 1. The van der Waals surface area contributed by atoms with Crippen LogP contribution in [0, 0.1) is 0 Å². The van der Waals surface area contributed by atoms with Crippen LogP contribution < -0.4 is 20.9 Å². The van der Waals surface area contributed by atoms with Gasteiger partial charge < -0.3 is 4.74 Å². The molecule has 0 aromatic heterocycles. The molecule has 25 heavy (non-hydrogen) atoms. The molecule has 3 N–H and O–H groups in total. The number of carbonyl (C=O) groups excluding carboxylic acids is 2. The minimum absolute atomic E-state index is 0.164. The fourth-order valence-corrected chi connectivity index (χ4v) is 2.49. The average Bonchev–Trinajstić information content (AvgIpc) is 2.59. The summed E-state index contributed by atoms with van der Waals surface area (Å²) in [5.41, 5.74) is 5.61. The Morgan fingerprint density at radius 1 is 0.960 bits per heavy atom. The van der Waals surface area contributed by atoms with Crippen LogP contribution in [0.2, 0.25) is 0 Å². The molecular weight excluding hydrogens is 346 g/mol. The van der Waals surface area contributed by atoms with Crippen molar-refractivity contribution in [2.75, 3.05) is 18.8 Å². The van der Waals surface area contributed by atoms with E-state index in [9.17, 15) is 18.0 Å². The zero-order chi connectivity index (χ0) is 18.4. The SMILES string of the molecule is COc1ccc(C(=O)NC(=O)NNc2ccc(S(C)(=O)=O)cc2)cc1. The van der Waals surface area contributed by atoms with Crippen LogP contribution in [0.1, 0.15) is 10.4 Å². The third kappa shape index (κ3) is 5.21. The van der Waals surface area contributed by atoms with Gasteiger partial charge in [-0.1, -0.05) is 0 Å². The lowest BCUT2D eigenvalue weighted by Gasteiger charge is -2.10. The van der Waals surface area contributed by atoms with Crippen LogP contribution in [0.25, 0.3) is 0 Å². The third-order valence-corrected chi connectivity index (χ3v) is 4.31. The van der Waals surface area contributed by atoms with Crippen LogP contribution in [-0.4, -0.2) is 33.7 Å². The molecule has 0 aliphatic carbocycles. The second kappa shape index (κ2) is 7.67. The highest BCUT2D eigenvalue weighted by Crippen LogP contribution is 2.13. The molecular formula is C16H17N3O5S. The van der Waals surface area contributed by atoms with Crippen molar-refractivity contribution in [3.8, 4) is 5.75 Å². The van der Waals surface area contributed by atoms with E-state index in [4.69, 9.17) is 4.74 Å². The number of anilines is 1. The Morgan fingerprint density at radius 2 is 1.56 bits per heavy atom. The molecule has 3 amide bonds. The molecule has 0 unspecified atom stereocenters. The first-order chi connectivity index (χ1) is 11.8. The van der Waals surface area contributed by atoms with Crippen LogP contribution in [0.5, 0.6) is 5.75 Å². The minimum atomic E-state index is -3.28. The summed E-state index contributed by atoms with van der Waals surface area (Å²) in [4.78, 5) is 23.8. The smallest absolute Gasteiger partial charge is 0.340 e. The van der Waals surface area contributed by atoms with E-state index in [1.807, 2.05) is 0 Å². The summed E-state index contributed by atoms with van der Waals surface area (Å²) in [5, 5.41) is 2.15. The molecule has 9 heteroatoms. The number of urea groups is 1. The molecule has 0 radical (unpaired) electrons. The Morgan fingerprint density at radius 3 is 2.08 bits per heavy atom. The van der Waals surface area contributed by atoms with E-state index in [2.05, 4.69) is 16.2 Å².